The molecule has 0 aliphatic carbocycles. The minimum Gasteiger partial charge on any atom is -0.459 e. The number of hydrogen-bond donors (Lipinski definition) is 0. The first-order chi connectivity index (χ1) is 14.1. The number of amides is 1. The van der Waals surface area contributed by atoms with Crippen molar-refractivity contribution in [1.82, 2.24) is 4.90 Å². The predicted molar refractivity (Wildman–Crippen MR) is 112 cm³/mol. The lowest BCUT2D eigenvalue weighted by molar-refractivity contribution is 0.0387. The Balaban J connectivity index is 1.48. The molecule has 1 amide bonds. The lowest BCUT2D eigenvalue weighted by Gasteiger charge is -2.24. The highest BCUT2D eigenvalue weighted by Gasteiger charge is 2.28. The molecule has 0 bridgehead atoms. The van der Waals surface area contributed by atoms with E-state index in [4.69, 9.17) is 20.9 Å². The standard InChI is InChI=1S/C23H21ClN2O3/c1-16-7-9-18(10-8-16)21-13-20(29-25-21)15-26(23(27)22-6-3-11-28-22)14-17-4-2-5-19(24)12-17/h2-12,20H,13-15H2,1H3. The summed E-state index contributed by atoms with van der Waals surface area (Å²) in [6.45, 7) is 2.85. The summed E-state index contributed by atoms with van der Waals surface area (Å²) >= 11 is 6.11. The highest BCUT2D eigenvalue weighted by atomic mass is 35.5. The van der Waals surface area contributed by atoms with Gasteiger partial charge < -0.3 is 14.2 Å². The first-order valence-electron chi connectivity index (χ1n) is 9.45. The average molecular weight is 409 g/mol. The first kappa shape index (κ1) is 19.3. The van der Waals surface area contributed by atoms with Crippen molar-refractivity contribution in [2.24, 2.45) is 5.16 Å². The van der Waals surface area contributed by atoms with Crippen molar-refractivity contribution in [3.8, 4) is 0 Å². The molecule has 0 saturated carbocycles. The van der Waals surface area contributed by atoms with Crippen molar-refractivity contribution in [1.29, 1.82) is 0 Å². The molecule has 0 radical (unpaired) electrons. The molecule has 1 aliphatic rings. The van der Waals surface area contributed by atoms with E-state index in [-0.39, 0.29) is 12.0 Å². The molecule has 6 heteroatoms. The Morgan fingerprint density at radius 1 is 1.17 bits per heavy atom. The molecule has 0 N–H and O–H groups in total. The molecular weight excluding hydrogens is 388 g/mol. The van der Waals surface area contributed by atoms with E-state index < -0.39 is 0 Å². The van der Waals surface area contributed by atoms with Crippen LogP contribution >= 0.6 is 11.6 Å². The van der Waals surface area contributed by atoms with Gasteiger partial charge in [0, 0.05) is 18.0 Å². The molecule has 1 aromatic heterocycles. The molecule has 0 spiro atoms. The van der Waals surface area contributed by atoms with Gasteiger partial charge in [0.15, 0.2) is 11.9 Å². The molecule has 2 heterocycles. The van der Waals surface area contributed by atoms with E-state index in [1.165, 1.54) is 11.8 Å². The van der Waals surface area contributed by atoms with Gasteiger partial charge in [0.2, 0.25) is 0 Å². The molecule has 2 aromatic carbocycles. The molecule has 148 valence electrons. The zero-order chi connectivity index (χ0) is 20.2. The van der Waals surface area contributed by atoms with Gasteiger partial charge in [0.25, 0.3) is 5.91 Å². The van der Waals surface area contributed by atoms with E-state index in [1.54, 1.807) is 17.0 Å². The van der Waals surface area contributed by atoms with Crippen LogP contribution in [0.15, 0.2) is 76.5 Å². The van der Waals surface area contributed by atoms with Gasteiger partial charge in [-0.15, -0.1) is 0 Å². The van der Waals surface area contributed by atoms with Crippen LogP contribution in [-0.2, 0) is 11.4 Å². The summed E-state index contributed by atoms with van der Waals surface area (Å²) in [7, 11) is 0. The predicted octanol–water partition coefficient (Wildman–Crippen LogP) is 5.08. The van der Waals surface area contributed by atoms with Crippen molar-refractivity contribution < 1.29 is 14.0 Å². The van der Waals surface area contributed by atoms with Crippen LogP contribution in [0.5, 0.6) is 0 Å². The Morgan fingerprint density at radius 3 is 2.72 bits per heavy atom. The Hall–Kier alpha value is -3.05. The van der Waals surface area contributed by atoms with E-state index in [2.05, 4.69) is 17.3 Å². The summed E-state index contributed by atoms with van der Waals surface area (Å²) in [4.78, 5) is 20.3. The summed E-state index contributed by atoms with van der Waals surface area (Å²) in [5.74, 6) is 0.104. The molecule has 3 aromatic rings. The van der Waals surface area contributed by atoms with Gasteiger partial charge in [-0.05, 0) is 42.3 Å². The molecule has 0 saturated heterocycles. The third kappa shape index (κ3) is 4.69. The largest absolute Gasteiger partial charge is 0.459 e. The van der Waals surface area contributed by atoms with Crippen LogP contribution in [0.3, 0.4) is 0 Å². The zero-order valence-corrected chi connectivity index (χ0v) is 16.8. The van der Waals surface area contributed by atoms with Gasteiger partial charge >= 0.3 is 0 Å². The SMILES string of the molecule is Cc1ccc(C2=NOC(CN(Cc3cccc(Cl)c3)C(=O)c3ccco3)C2)cc1. The van der Waals surface area contributed by atoms with Gasteiger partial charge in [0.05, 0.1) is 18.5 Å². The Labute approximate surface area is 174 Å². The van der Waals surface area contributed by atoms with Gasteiger partial charge in [-0.1, -0.05) is 58.7 Å². The highest BCUT2D eigenvalue weighted by molar-refractivity contribution is 6.30. The second-order valence-electron chi connectivity index (χ2n) is 7.13. The molecule has 5 nitrogen and oxygen atoms in total. The van der Waals surface area contributed by atoms with Crippen molar-refractivity contribution in [3.63, 3.8) is 0 Å². The third-order valence-electron chi connectivity index (χ3n) is 4.82. The van der Waals surface area contributed by atoms with E-state index in [0.717, 1.165) is 16.8 Å². The number of halogens is 1. The van der Waals surface area contributed by atoms with Crippen molar-refractivity contribution in [2.45, 2.75) is 26.0 Å². The Bertz CT molecular complexity index is 1010. The van der Waals surface area contributed by atoms with E-state index >= 15 is 0 Å². The number of carbonyl (C=O) groups is 1. The fourth-order valence-corrected chi connectivity index (χ4v) is 3.53. The van der Waals surface area contributed by atoms with Gasteiger partial charge in [0.1, 0.15) is 0 Å². The van der Waals surface area contributed by atoms with Crippen LogP contribution < -0.4 is 0 Å². The number of furan rings is 1. The number of oxime groups is 1. The summed E-state index contributed by atoms with van der Waals surface area (Å²) in [5, 5.41) is 4.88. The molecular formula is C23H21ClN2O3. The number of carbonyl (C=O) groups excluding carboxylic acids is 1. The molecule has 0 fully saturated rings. The van der Waals surface area contributed by atoms with Crippen LogP contribution in [-0.4, -0.2) is 29.2 Å². The minimum absolute atomic E-state index is 0.192. The number of hydrogen-bond acceptors (Lipinski definition) is 4. The number of nitrogens with zero attached hydrogens (tertiary/aromatic N) is 2. The molecule has 4 rings (SSSR count). The molecule has 1 aliphatic heterocycles. The zero-order valence-electron chi connectivity index (χ0n) is 16.0. The van der Waals surface area contributed by atoms with E-state index in [1.807, 2.05) is 43.3 Å². The minimum atomic E-state index is -0.218. The van der Waals surface area contributed by atoms with E-state index in [9.17, 15) is 4.79 Å². The van der Waals surface area contributed by atoms with E-state index in [0.29, 0.717) is 30.3 Å². The van der Waals surface area contributed by atoms with Crippen LogP contribution in [0.4, 0.5) is 0 Å². The quantitative estimate of drug-likeness (QED) is 0.571. The molecule has 29 heavy (non-hydrogen) atoms. The smallest absolute Gasteiger partial charge is 0.289 e. The van der Waals surface area contributed by atoms with Crippen LogP contribution in [0.25, 0.3) is 0 Å². The maximum Gasteiger partial charge on any atom is 0.289 e. The van der Waals surface area contributed by atoms with Crippen molar-refractivity contribution in [2.75, 3.05) is 6.54 Å². The maximum atomic E-state index is 13.0. The molecule has 1 atom stereocenters. The summed E-state index contributed by atoms with van der Waals surface area (Å²) in [5.41, 5.74) is 4.07. The average Bonchev–Trinajstić information content (AvgIpc) is 3.40. The normalized spacial score (nSPS) is 15.7. The topological polar surface area (TPSA) is 55.0 Å². The number of aryl methyl sites for hydroxylation is 1. The van der Waals surface area contributed by atoms with Gasteiger partial charge in [-0.3, -0.25) is 4.79 Å². The Morgan fingerprint density at radius 2 is 2.00 bits per heavy atom. The third-order valence-corrected chi connectivity index (χ3v) is 5.06. The second kappa shape index (κ2) is 8.53. The Kier molecular flexibility index (Phi) is 5.67. The van der Waals surface area contributed by atoms with Crippen LogP contribution in [0, 0.1) is 6.92 Å². The van der Waals surface area contributed by atoms with Crippen molar-refractivity contribution in [3.05, 3.63) is 94.4 Å². The fourth-order valence-electron chi connectivity index (χ4n) is 3.32. The van der Waals surface area contributed by atoms with Gasteiger partial charge in [-0.2, -0.15) is 0 Å². The molecule has 1 unspecified atom stereocenters. The first-order valence-corrected chi connectivity index (χ1v) is 9.83. The summed E-state index contributed by atoms with van der Waals surface area (Å²) in [6.07, 6.45) is 1.92. The van der Waals surface area contributed by atoms with Crippen LogP contribution in [0.2, 0.25) is 5.02 Å². The summed E-state index contributed by atoms with van der Waals surface area (Å²) in [6, 6.07) is 19.0. The van der Waals surface area contributed by atoms with Crippen molar-refractivity contribution >= 4 is 23.2 Å². The van der Waals surface area contributed by atoms with Gasteiger partial charge in [-0.25, -0.2) is 0 Å². The second-order valence-corrected chi connectivity index (χ2v) is 7.56. The van der Waals surface area contributed by atoms with Crippen LogP contribution in [0.1, 0.15) is 33.7 Å². The summed E-state index contributed by atoms with van der Waals surface area (Å²) < 4.78 is 5.32. The monoisotopic (exact) mass is 408 g/mol. The lowest BCUT2D eigenvalue weighted by atomic mass is 10.0. The maximum absolute atomic E-state index is 13.0. The fraction of sp³-hybridized carbons (Fsp3) is 0.217. The highest BCUT2D eigenvalue weighted by Crippen LogP contribution is 2.21. The number of benzene rings is 2. The lowest BCUT2D eigenvalue weighted by Crippen LogP contribution is -2.37. The number of rotatable bonds is 6.